The highest BCUT2D eigenvalue weighted by atomic mass is 32.1. The van der Waals surface area contributed by atoms with E-state index >= 15 is 0 Å². The minimum absolute atomic E-state index is 0.414. The number of ether oxygens (including phenoxy) is 1. The first kappa shape index (κ1) is 19.0. The zero-order valence-electron chi connectivity index (χ0n) is 15.7. The molecule has 0 spiro atoms. The molecule has 7 heteroatoms. The van der Waals surface area contributed by atoms with E-state index < -0.39 is 11.9 Å². The Morgan fingerprint density at radius 2 is 1.59 bits per heavy atom. The Kier molecular flexibility index (Phi) is 5.48. The van der Waals surface area contributed by atoms with Gasteiger partial charge in [-0.2, -0.15) is 0 Å². The lowest BCUT2D eigenvalue weighted by Gasteiger charge is -2.11. The number of benzene rings is 2. The third kappa shape index (κ3) is 4.41. The van der Waals surface area contributed by atoms with E-state index in [1.165, 1.54) is 11.3 Å². The number of urea groups is 1. The number of carbonyl (C=O) groups is 2. The molecular formula is C22H21N3O3S. The fourth-order valence-electron chi connectivity index (χ4n) is 3.41. The summed E-state index contributed by atoms with van der Waals surface area (Å²) in [7, 11) is 0. The van der Waals surface area contributed by atoms with Crippen LogP contribution in [-0.4, -0.2) is 11.9 Å². The normalized spacial score (nSPS) is 12.7. The molecule has 0 unspecified atom stereocenters. The highest BCUT2D eigenvalue weighted by Crippen LogP contribution is 2.38. The molecule has 148 valence electrons. The van der Waals surface area contributed by atoms with Crippen LogP contribution in [0.5, 0.6) is 11.5 Å². The number of aryl methyl sites for hydroxylation is 1. The van der Waals surface area contributed by atoms with E-state index in [4.69, 9.17) is 10.5 Å². The summed E-state index contributed by atoms with van der Waals surface area (Å²) in [6, 6.07) is 16.1. The van der Waals surface area contributed by atoms with Crippen molar-refractivity contribution in [2.75, 3.05) is 10.6 Å². The Labute approximate surface area is 172 Å². The third-order valence-corrected chi connectivity index (χ3v) is 5.94. The van der Waals surface area contributed by atoms with Gasteiger partial charge in [-0.05, 0) is 67.6 Å². The smallest absolute Gasteiger partial charge is 0.324 e. The summed E-state index contributed by atoms with van der Waals surface area (Å²) < 4.78 is 5.74. The second-order valence-electron chi connectivity index (χ2n) is 6.80. The Morgan fingerprint density at radius 3 is 2.31 bits per heavy atom. The number of fused-ring (bicyclic) bond motifs is 1. The molecular weight excluding hydrogens is 386 g/mol. The van der Waals surface area contributed by atoms with E-state index in [2.05, 4.69) is 10.6 Å². The SMILES string of the molecule is NC(=O)c1c(NC(=O)Nc2ccc(Oc3ccccc3)cc2)sc2c1CCCC2. The van der Waals surface area contributed by atoms with Gasteiger partial charge in [0, 0.05) is 10.6 Å². The van der Waals surface area contributed by atoms with Crippen molar-refractivity contribution >= 4 is 34.0 Å². The van der Waals surface area contributed by atoms with E-state index in [9.17, 15) is 9.59 Å². The summed E-state index contributed by atoms with van der Waals surface area (Å²) in [5.74, 6) is 0.915. The molecule has 3 aromatic rings. The maximum Gasteiger partial charge on any atom is 0.324 e. The Morgan fingerprint density at radius 1 is 0.897 bits per heavy atom. The van der Waals surface area contributed by atoms with E-state index in [1.54, 1.807) is 24.3 Å². The topological polar surface area (TPSA) is 93.5 Å². The molecule has 3 amide bonds. The van der Waals surface area contributed by atoms with Gasteiger partial charge in [0.15, 0.2) is 0 Å². The number of nitrogens with one attached hydrogen (secondary N) is 2. The number of hydrogen-bond donors (Lipinski definition) is 3. The van der Waals surface area contributed by atoms with E-state index in [0.29, 0.717) is 22.0 Å². The molecule has 0 aliphatic heterocycles. The first-order valence-corrected chi connectivity index (χ1v) is 10.3. The molecule has 0 saturated heterocycles. The van der Waals surface area contributed by atoms with Crippen molar-refractivity contribution in [2.24, 2.45) is 5.73 Å². The minimum Gasteiger partial charge on any atom is -0.457 e. The number of para-hydroxylation sites is 1. The van der Waals surface area contributed by atoms with E-state index in [1.807, 2.05) is 30.3 Å². The molecule has 1 aliphatic carbocycles. The lowest BCUT2D eigenvalue weighted by Crippen LogP contribution is -2.22. The van der Waals surface area contributed by atoms with Crippen molar-refractivity contribution < 1.29 is 14.3 Å². The van der Waals surface area contributed by atoms with Gasteiger partial charge in [0.1, 0.15) is 16.5 Å². The molecule has 2 aromatic carbocycles. The number of thiophene rings is 1. The first-order chi connectivity index (χ1) is 14.1. The number of rotatable bonds is 5. The van der Waals surface area contributed by atoms with Crippen LogP contribution in [0.3, 0.4) is 0 Å². The molecule has 4 rings (SSSR count). The first-order valence-electron chi connectivity index (χ1n) is 9.45. The molecule has 4 N–H and O–H groups in total. The molecule has 0 saturated carbocycles. The predicted molar refractivity (Wildman–Crippen MR) is 115 cm³/mol. The fraction of sp³-hybridized carbons (Fsp3) is 0.182. The standard InChI is InChI=1S/C22H21N3O3S/c23-20(26)19-17-8-4-5-9-18(17)29-21(19)25-22(27)24-14-10-12-16(13-11-14)28-15-6-2-1-3-7-15/h1-3,6-7,10-13H,4-5,8-9H2,(H2,23,26)(H2,24,25,27). The number of primary amides is 1. The minimum atomic E-state index is -0.498. The van der Waals surface area contributed by atoms with Crippen LogP contribution >= 0.6 is 11.3 Å². The lowest BCUT2D eigenvalue weighted by molar-refractivity contribution is 0.100. The van der Waals surface area contributed by atoms with Crippen LogP contribution in [0.1, 0.15) is 33.6 Å². The zero-order chi connectivity index (χ0) is 20.2. The van der Waals surface area contributed by atoms with Gasteiger partial charge in [-0.15, -0.1) is 11.3 Å². The number of anilines is 2. The number of nitrogens with two attached hydrogens (primary N) is 1. The lowest BCUT2D eigenvalue weighted by atomic mass is 9.95. The summed E-state index contributed by atoms with van der Waals surface area (Å²) >= 11 is 1.44. The van der Waals surface area contributed by atoms with Crippen LogP contribution < -0.4 is 21.1 Å². The maximum absolute atomic E-state index is 12.4. The zero-order valence-corrected chi connectivity index (χ0v) is 16.6. The highest BCUT2D eigenvalue weighted by Gasteiger charge is 2.24. The summed E-state index contributed by atoms with van der Waals surface area (Å²) in [5.41, 5.74) is 7.63. The van der Waals surface area contributed by atoms with Gasteiger partial charge >= 0.3 is 6.03 Å². The van der Waals surface area contributed by atoms with Crippen LogP contribution in [-0.2, 0) is 12.8 Å². The second kappa shape index (κ2) is 8.36. The van der Waals surface area contributed by atoms with Gasteiger partial charge in [-0.3, -0.25) is 10.1 Å². The van der Waals surface area contributed by atoms with Gasteiger partial charge in [0.05, 0.1) is 5.56 Å². The van der Waals surface area contributed by atoms with Gasteiger partial charge in [-0.1, -0.05) is 18.2 Å². The molecule has 0 fully saturated rings. The van der Waals surface area contributed by atoms with E-state index in [0.717, 1.165) is 41.9 Å². The highest BCUT2D eigenvalue weighted by molar-refractivity contribution is 7.17. The number of hydrogen-bond acceptors (Lipinski definition) is 4. The Balaban J connectivity index is 1.42. The molecule has 1 aromatic heterocycles. The van der Waals surface area contributed by atoms with Crippen molar-refractivity contribution in [3.63, 3.8) is 0 Å². The quantitative estimate of drug-likeness (QED) is 0.545. The van der Waals surface area contributed by atoms with Crippen LogP contribution in [0.15, 0.2) is 54.6 Å². The Bertz CT molecular complexity index is 1030. The number of carbonyl (C=O) groups excluding carboxylic acids is 2. The van der Waals surface area contributed by atoms with Gasteiger partial charge in [0.25, 0.3) is 5.91 Å². The maximum atomic E-state index is 12.4. The summed E-state index contributed by atoms with van der Waals surface area (Å²) in [5, 5.41) is 6.08. The monoisotopic (exact) mass is 407 g/mol. The third-order valence-electron chi connectivity index (χ3n) is 4.74. The second-order valence-corrected chi connectivity index (χ2v) is 7.90. The van der Waals surface area contributed by atoms with Crippen molar-refractivity contribution in [3.8, 4) is 11.5 Å². The van der Waals surface area contributed by atoms with E-state index in [-0.39, 0.29) is 0 Å². The van der Waals surface area contributed by atoms with Gasteiger partial charge in [-0.25, -0.2) is 4.79 Å². The average Bonchev–Trinajstić information content (AvgIpc) is 3.08. The molecule has 6 nitrogen and oxygen atoms in total. The van der Waals surface area contributed by atoms with Gasteiger partial charge in [0.2, 0.25) is 0 Å². The summed E-state index contributed by atoms with van der Waals surface area (Å²) in [6.07, 6.45) is 3.88. The molecule has 1 aliphatic rings. The van der Waals surface area contributed by atoms with Crippen molar-refractivity contribution in [1.29, 1.82) is 0 Å². The van der Waals surface area contributed by atoms with Crippen LogP contribution in [0.25, 0.3) is 0 Å². The molecule has 0 atom stereocenters. The van der Waals surface area contributed by atoms with Gasteiger partial charge < -0.3 is 15.8 Å². The average molecular weight is 407 g/mol. The molecule has 29 heavy (non-hydrogen) atoms. The van der Waals surface area contributed by atoms with Crippen molar-refractivity contribution in [2.45, 2.75) is 25.7 Å². The molecule has 1 heterocycles. The number of amides is 3. The van der Waals surface area contributed by atoms with Crippen molar-refractivity contribution in [3.05, 3.63) is 70.6 Å². The predicted octanol–water partition coefficient (Wildman–Crippen LogP) is 5.16. The summed E-state index contributed by atoms with van der Waals surface area (Å²) in [6.45, 7) is 0. The summed E-state index contributed by atoms with van der Waals surface area (Å²) in [4.78, 5) is 25.5. The molecule has 0 radical (unpaired) electrons. The van der Waals surface area contributed by atoms with Crippen LogP contribution in [0, 0.1) is 0 Å². The fourth-order valence-corrected chi connectivity index (χ4v) is 4.70. The largest absolute Gasteiger partial charge is 0.457 e. The van der Waals surface area contributed by atoms with Crippen LogP contribution in [0.2, 0.25) is 0 Å². The van der Waals surface area contributed by atoms with Crippen LogP contribution in [0.4, 0.5) is 15.5 Å². The Hall–Kier alpha value is -3.32. The molecule has 0 bridgehead atoms. The van der Waals surface area contributed by atoms with Crippen molar-refractivity contribution in [1.82, 2.24) is 0 Å².